The molecule has 2 nitrogen and oxygen atoms in total. The predicted molar refractivity (Wildman–Crippen MR) is 93.2 cm³/mol. The summed E-state index contributed by atoms with van der Waals surface area (Å²) in [6, 6.07) is 25.8. The van der Waals surface area contributed by atoms with Crippen LogP contribution in [0.25, 0.3) is 11.1 Å². The van der Waals surface area contributed by atoms with Gasteiger partial charge in [-0.1, -0.05) is 78.3 Å². The van der Waals surface area contributed by atoms with Crippen LogP contribution in [0.4, 0.5) is 0 Å². The van der Waals surface area contributed by atoms with Crippen LogP contribution in [0.15, 0.2) is 84.0 Å². The van der Waals surface area contributed by atoms with Gasteiger partial charge >= 0.3 is 0 Å². The van der Waals surface area contributed by atoms with E-state index in [1.165, 1.54) is 0 Å². The summed E-state index contributed by atoms with van der Waals surface area (Å²) in [7, 11) is 0. The molecule has 0 amide bonds. The van der Waals surface area contributed by atoms with Crippen molar-refractivity contribution in [3.05, 3.63) is 95.0 Å². The van der Waals surface area contributed by atoms with E-state index in [9.17, 15) is 0 Å². The third-order valence-corrected chi connectivity index (χ3v) is 3.77. The zero-order chi connectivity index (χ0) is 15.4. The number of hydrogen-bond donors (Lipinski definition) is 1. The minimum Gasteiger partial charge on any atom is -0.323 e. The summed E-state index contributed by atoms with van der Waals surface area (Å²) in [5.41, 5.74) is 4.92. The maximum atomic E-state index is 5.98. The fraction of sp³-hybridized carbons (Fsp3) is 0. The molecule has 2 N–H and O–H groups in total. The lowest BCUT2D eigenvalue weighted by molar-refractivity contribution is 1.24. The Bertz CT molecular complexity index is 793. The number of halogens is 1. The maximum absolute atomic E-state index is 5.98. The van der Waals surface area contributed by atoms with Gasteiger partial charge in [0, 0.05) is 16.1 Å². The SMILES string of the molecule is NN=C(c1ccccc1)c1ccccc1-c1ccc(Cl)cc1. The highest BCUT2D eigenvalue weighted by Crippen LogP contribution is 2.27. The highest BCUT2D eigenvalue weighted by atomic mass is 35.5. The Morgan fingerprint density at radius 3 is 2.09 bits per heavy atom. The smallest absolute Gasteiger partial charge is 0.0977 e. The molecule has 22 heavy (non-hydrogen) atoms. The van der Waals surface area contributed by atoms with Crippen LogP contribution in [0.3, 0.4) is 0 Å². The van der Waals surface area contributed by atoms with Gasteiger partial charge in [0.25, 0.3) is 0 Å². The summed E-state index contributed by atoms with van der Waals surface area (Å²) in [5.74, 6) is 5.67. The van der Waals surface area contributed by atoms with E-state index in [1.54, 1.807) is 0 Å². The molecule has 3 aromatic carbocycles. The van der Waals surface area contributed by atoms with Crippen molar-refractivity contribution in [2.24, 2.45) is 10.9 Å². The molecule has 0 saturated heterocycles. The van der Waals surface area contributed by atoms with Crippen LogP contribution in [0.5, 0.6) is 0 Å². The second kappa shape index (κ2) is 6.46. The van der Waals surface area contributed by atoms with Crippen LogP contribution >= 0.6 is 11.6 Å². The molecule has 0 atom stereocenters. The molecule has 0 aliphatic rings. The van der Waals surface area contributed by atoms with E-state index in [0.717, 1.165) is 33.0 Å². The van der Waals surface area contributed by atoms with Gasteiger partial charge in [-0.3, -0.25) is 0 Å². The van der Waals surface area contributed by atoms with Crippen molar-refractivity contribution in [1.29, 1.82) is 0 Å². The van der Waals surface area contributed by atoms with E-state index in [-0.39, 0.29) is 0 Å². The molecule has 0 aliphatic heterocycles. The Kier molecular flexibility index (Phi) is 4.22. The first-order valence-corrected chi connectivity index (χ1v) is 7.36. The zero-order valence-electron chi connectivity index (χ0n) is 11.9. The van der Waals surface area contributed by atoms with E-state index in [1.807, 2.05) is 72.8 Å². The van der Waals surface area contributed by atoms with Crippen molar-refractivity contribution in [3.63, 3.8) is 0 Å². The van der Waals surface area contributed by atoms with Gasteiger partial charge in [-0.05, 0) is 23.3 Å². The first-order valence-electron chi connectivity index (χ1n) is 6.98. The molecule has 0 unspecified atom stereocenters. The Morgan fingerprint density at radius 1 is 0.773 bits per heavy atom. The first kappa shape index (κ1) is 14.4. The summed E-state index contributed by atoms with van der Waals surface area (Å²) in [5, 5.41) is 4.74. The Morgan fingerprint density at radius 2 is 1.41 bits per heavy atom. The van der Waals surface area contributed by atoms with Crippen molar-refractivity contribution in [2.75, 3.05) is 0 Å². The van der Waals surface area contributed by atoms with Crippen molar-refractivity contribution >= 4 is 17.3 Å². The van der Waals surface area contributed by atoms with Crippen molar-refractivity contribution in [3.8, 4) is 11.1 Å². The molecule has 0 fully saturated rings. The normalized spacial score (nSPS) is 11.4. The van der Waals surface area contributed by atoms with Gasteiger partial charge in [0.05, 0.1) is 5.71 Å². The van der Waals surface area contributed by atoms with E-state index in [0.29, 0.717) is 0 Å². The summed E-state index contributed by atoms with van der Waals surface area (Å²) in [4.78, 5) is 0. The molecule has 0 aromatic heterocycles. The number of hydrogen-bond acceptors (Lipinski definition) is 2. The third-order valence-electron chi connectivity index (χ3n) is 3.51. The highest BCUT2D eigenvalue weighted by Gasteiger charge is 2.12. The molecule has 0 saturated carbocycles. The number of benzene rings is 3. The van der Waals surface area contributed by atoms with E-state index in [2.05, 4.69) is 11.2 Å². The van der Waals surface area contributed by atoms with Gasteiger partial charge in [-0.25, -0.2) is 0 Å². The molecular weight excluding hydrogens is 292 g/mol. The average Bonchev–Trinajstić information content (AvgIpc) is 2.58. The van der Waals surface area contributed by atoms with E-state index in [4.69, 9.17) is 17.4 Å². The topological polar surface area (TPSA) is 38.4 Å². The highest BCUT2D eigenvalue weighted by molar-refractivity contribution is 6.30. The lowest BCUT2D eigenvalue weighted by atomic mass is 9.93. The largest absolute Gasteiger partial charge is 0.323 e. The van der Waals surface area contributed by atoms with Gasteiger partial charge in [0.15, 0.2) is 0 Å². The summed E-state index contributed by atoms with van der Waals surface area (Å²) >= 11 is 5.98. The standard InChI is InChI=1S/C19H15ClN2/c20-16-12-10-14(11-13-16)17-8-4-5-9-18(17)19(22-21)15-6-2-1-3-7-15/h1-13H,21H2. The molecule has 3 heteroatoms. The Labute approximate surface area is 134 Å². The van der Waals surface area contributed by atoms with Crippen LogP contribution in [0, 0.1) is 0 Å². The lowest BCUT2D eigenvalue weighted by Crippen LogP contribution is -2.08. The van der Waals surface area contributed by atoms with Gasteiger partial charge in [0.1, 0.15) is 0 Å². The first-order chi connectivity index (χ1) is 10.8. The summed E-state index contributed by atoms with van der Waals surface area (Å²) < 4.78 is 0. The molecule has 0 spiro atoms. The average molecular weight is 307 g/mol. The molecule has 3 aromatic rings. The molecule has 3 rings (SSSR count). The molecule has 108 valence electrons. The number of nitrogens with zero attached hydrogens (tertiary/aromatic N) is 1. The second-order valence-electron chi connectivity index (χ2n) is 4.90. The molecular formula is C19H15ClN2. The van der Waals surface area contributed by atoms with Crippen LogP contribution in [-0.2, 0) is 0 Å². The van der Waals surface area contributed by atoms with Gasteiger partial charge < -0.3 is 5.84 Å². The van der Waals surface area contributed by atoms with Gasteiger partial charge in [-0.15, -0.1) is 0 Å². The van der Waals surface area contributed by atoms with Crippen LogP contribution in [0.1, 0.15) is 11.1 Å². The predicted octanol–water partition coefficient (Wildman–Crippen LogP) is 4.72. The Hall–Kier alpha value is -2.58. The fourth-order valence-corrected chi connectivity index (χ4v) is 2.59. The number of rotatable bonds is 3. The maximum Gasteiger partial charge on any atom is 0.0977 e. The summed E-state index contributed by atoms with van der Waals surface area (Å²) in [6.45, 7) is 0. The zero-order valence-corrected chi connectivity index (χ0v) is 12.7. The molecule has 0 radical (unpaired) electrons. The number of hydrazone groups is 1. The number of nitrogens with two attached hydrogens (primary N) is 1. The lowest BCUT2D eigenvalue weighted by Gasteiger charge is -2.12. The van der Waals surface area contributed by atoms with Gasteiger partial charge in [0.2, 0.25) is 0 Å². The monoisotopic (exact) mass is 306 g/mol. The van der Waals surface area contributed by atoms with E-state index >= 15 is 0 Å². The van der Waals surface area contributed by atoms with Crippen molar-refractivity contribution < 1.29 is 0 Å². The molecule has 0 bridgehead atoms. The minimum absolute atomic E-state index is 0.719. The van der Waals surface area contributed by atoms with Crippen molar-refractivity contribution in [2.45, 2.75) is 0 Å². The minimum atomic E-state index is 0.719. The van der Waals surface area contributed by atoms with Crippen LogP contribution < -0.4 is 5.84 Å². The van der Waals surface area contributed by atoms with Crippen LogP contribution in [-0.4, -0.2) is 5.71 Å². The third kappa shape index (κ3) is 2.87. The van der Waals surface area contributed by atoms with Crippen molar-refractivity contribution in [1.82, 2.24) is 0 Å². The second-order valence-corrected chi connectivity index (χ2v) is 5.33. The summed E-state index contributed by atoms with van der Waals surface area (Å²) in [6.07, 6.45) is 0. The van der Waals surface area contributed by atoms with Gasteiger partial charge in [-0.2, -0.15) is 5.10 Å². The van der Waals surface area contributed by atoms with E-state index < -0.39 is 0 Å². The Balaban J connectivity index is 2.14. The fourth-order valence-electron chi connectivity index (χ4n) is 2.47. The molecule has 0 aliphatic carbocycles. The molecule has 0 heterocycles. The quantitative estimate of drug-likeness (QED) is 0.424. The van der Waals surface area contributed by atoms with Crippen LogP contribution in [0.2, 0.25) is 5.02 Å².